The van der Waals surface area contributed by atoms with Crippen LogP contribution in [-0.2, 0) is 27.3 Å². The topological polar surface area (TPSA) is 184 Å². The molecule has 3 aliphatic rings. The summed E-state index contributed by atoms with van der Waals surface area (Å²) in [6.45, 7) is 0.152. The average molecular weight is 526 g/mol. The highest BCUT2D eigenvalue weighted by atomic mass is 127. The number of hydrogen-bond acceptors (Lipinski definition) is 8. The van der Waals surface area contributed by atoms with Gasteiger partial charge in [-0.2, -0.15) is 0 Å². The number of rotatable bonds is 2. The third kappa shape index (κ3) is 2.56. The van der Waals surface area contributed by atoms with E-state index in [-0.39, 0.29) is 42.7 Å². The molecule has 8 N–H and O–H groups in total. The molecule has 158 valence electrons. The number of carbonyl (C=O) groups excluding carboxylic acids is 3. The fourth-order valence-electron chi connectivity index (χ4n) is 4.91. The first-order valence-electron chi connectivity index (χ1n) is 9.24. The molecule has 1 amide bonds. The zero-order valence-electron chi connectivity index (χ0n) is 15.6. The molecule has 0 aromatic heterocycles. The Labute approximate surface area is 184 Å². The normalized spacial score (nSPS) is 28.2. The van der Waals surface area contributed by atoms with E-state index in [0.717, 1.165) is 0 Å². The van der Waals surface area contributed by atoms with E-state index in [1.807, 2.05) is 22.6 Å². The van der Waals surface area contributed by atoms with E-state index < -0.39 is 52.0 Å². The molecule has 0 unspecified atom stereocenters. The van der Waals surface area contributed by atoms with Crippen molar-refractivity contribution in [3.63, 3.8) is 0 Å². The lowest BCUT2D eigenvalue weighted by Gasteiger charge is -2.46. The molecule has 30 heavy (non-hydrogen) atoms. The molecular weight excluding hydrogens is 507 g/mol. The Morgan fingerprint density at radius 3 is 2.50 bits per heavy atom. The second kappa shape index (κ2) is 6.79. The smallest absolute Gasteiger partial charge is 0.255 e. The van der Waals surface area contributed by atoms with Crippen molar-refractivity contribution < 1.29 is 34.8 Å². The predicted molar refractivity (Wildman–Crippen MR) is 112 cm³/mol. The standard InChI is InChI=1S/C20H19IN2O7/c21-10-3-7(5-22)9-2-6-1-8-4-11(24)14(19(23)29)18(28)20(8,30)17(27)12(6)16(26)13(9)15(10)25/h3,6,8,25-26,28,30H,1-2,4-5,22H2,(H2,23,29)/t6-,8+,20+/m1/s1. The van der Waals surface area contributed by atoms with Gasteiger partial charge >= 0.3 is 0 Å². The summed E-state index contributed by atoms with van der Waals surface area (Å²) in [5.41, 5.74) is 8.82. The molecule has 1 fully saturated rings. The Morgan fingerprint density at radius 1 is 1.23 bits per heavy atom. The van der Waals surface area contributed by atoms with E-state index in [2.05, 4.69) is 0 Å². The van der Waals surface area contributed by atoms with Crippen molar-refractivity contribution >= 4 is 45.8 Å². The fraction of sp³-hybridized carbons (Fsp3) is 0.350. The summed E-state index contributed by atoms with van der Waals surface area (Å²) in [6.07, 6.45) is 0.00867. The Kier molecular flexibility index (Phi) is 4.71. The Balaban J connectivity index is 1.96. The van der Waals surface area contributed by atoms with Gasteiger partial charge < -0.3 is 31.9 Å². The number of aliphatic hydroxyl groups excluding tert-OH is 2. The van der Waals surface area contributed by atoms with Crippen LogP contribution in [-0.4, -0.2) is 43.5 Å². The Bertz CT molecular complexity index is 1110. The molecular formula is C20H19IN2O7. The summed E-state index contributed by atoms with van der Waals surface area (Å²) in [5.74, 6) is -6.35. The number of fused-ring (bicyclic) bond motifs is 3. The molecule has 1 saturated carbocycles. The summed E-state index contributed by atoms with van der Waals surface area (Å²) in [4.78, 5) is 37.3. The van der Waals surface area contributed by atoms with Crippen LogP contribution in [0, 0.1) is 15.4 Å². The first-order chi connectivity index (χ1) is 14.0. The summed E-state index contributed by atoms with van der Waals surface area (Å²) in [6, 6.07) is 1.70. The molecule has 4 rings (SSSR count). The first-order valence-corrected chi connectivity index (χ1v) is 10.3. The highest BCUT2D eigenvalue weighted by Gasteiger charge is 2.60. The average Bonchev–Trinajstić information content (AvgIpc) is 2.67. The van der Waals surface area contributed by atoms with E-state index in [1.165, 1.54) is 0 Å². The van der Waals surface area contributed by atoms with E-state index in [0.29, 0.717) is 14.7 Å². The summed E-state index contributed by atoms with van der Waals surface area (Å²) in [7, 11) is 0. The number of halogens is 1. The molecule has 0 spiro atoms. The molecule has 3 atom stereocenters. The van der Waals surface area contributed by atoms with E-state index in [1.54, 1.807) is 6.07 Å². The molecule has 0 heterocycles. The lowest BCUT2D eigenvalue weighted by Crippen LogP contribution is -2.58. The third-order valence-corrected chi connectivity index (χ3v) is 7.15. The number of aliphatic hydroxyl groups is 3. The van der Waals surface area contributed by atoms with Crippen LogP contribution in [0.5, 0.6) is 5.75 Å². The second-order valence-electron chi connectivity index (χ2n) is 7.83. The molecule has 9 nitrogen and oxygen atoms in total. The lowest BCUT2D eigenvalue weighted by molar-refractivity contribution is -0.147. The Hall–Kier alpha value is -2.44. The molecule has 3 aliphatic carbocycles. The number of phenols is 1. The van der Waals surface area contributed by atoms with Crippen LogP contribution < -0.4 is 11.5 Å². The molecule has 10 heteroatoms. The molecule has 0 bridgehead atoms. The quantitative estimate of drug-likeness (QED) is 0.238. The zero-order valence-corrected chi connectivity index (χ0v) is 17.8. The van der Waals surface area contributed by atoms with Gasteiger partial charge in [-0.05, 0) is 58.5 Å². The van der Waals surface area contributed by atoms with Crippen molar-refractivity contribution in [3.8, 4) is 5.75 Å². The van der Waals surface area contributed by atoms with E-state index in [4.69, 9.17) is 11.5 Å². The van der Waals surface area contributed by atoms with E-state index in [9.17, 15) is 34.8 Å². The maximum Gasteiger partial charge on any atom is 0.255 e. The second-order valence-corrected chi connectivity index (χ2v) is 8.99. The van der Waals surface area contributed by atoms with Gasteiger partial charge in [0.15, 0.2) is 11.4 Å². The number of aromatic hydroxyl groups is 1. The maximum absolute atomic E-state index is 13.3. The first kappa shape index (κ1) is 20.8. The van der Waals surface area contributed by atoms with Crippen LogP contribution in [0.4, 0.5) is 0 Å². The highest BCUT2D eigenvalue weighted by Crippen LogP contribution is 2.52. The number of benzene rings is 1. The molecule has 1 aromatic rings. The van der Waals surface area contributed by atoms with Crippen LogP contribution in [0.25, 0.3) is 5.76 Å². The van der Waals surface area contributed by atoms with Crippen LogP contribution in [0.15, 0.2) is 23.0 Å². The minimum atomic E-state index is -2.55. The number of hydrogen-bond donors (Lipinski definition) is 6. The molecule has 0 radical (unpaired) electrons. The van der Waals surface area contributed by atoms with Gasteiger partial charge in [-0.25, -0.2) is 0 Å². The minimum Gasteiger partial charge on any atom is -0.508 e. The largest absolute Gasteiger partial charge is 0.508 e. The van der Waals surface area contributed by atoms with Crippen molar-refractivity contribution in [2.75, 3.05) is 0 Å². The zero-order chi connectivity index (χ0) is 22.1. The van der Waals surface area contributed by atoms with Crippen LogP contribution in [0.1, 0.15) is 29.5 Å². The molecule has 0 saturated heterocycles. The van der Waals surface area contributed by atoms with Crippen LogP contribution in [0.3, 0.4) is 0 Å². The van der Waals surface area contributed by atoms with Gasteiger partial charge in [0.05, 0.1) is 9.13 Å². The van der Waals surface area contributed by atoms with Crippen molar-refractivity contribution in [2.24, 2.45) is 23.3 Å². The number of carbonyl (C=O) groups is 3. The maximum atomic E-state index is 13.3. The van der Waals surface area contributed by atoms with Gasteiger partial charge in [0.25, 0.3) is 5.91 Å². The summed E-state index contributed by atoms with van der Waals surface area (Å²) < 4.78 is 0.430. The van der Waals surface area contributed by atoms with Gasteiger partial charge in [-0.15, -0.1) is 0 Å². The lowest BCUT2D eigenvalue weighted by atomic mass is 9.59. The molecule has 0 aliphatic heterocycles. The Morgan fingerprint density at radius 2 is 1.90 bits per heavy atom. The van der Waals surface area contributed by atoms with Gasteiger partial charge in [-0.3, -0.25) is 14.4 Å². The minimum absolute atomic E-state index is 0.0643. The summed E-state index contributed by atoms with van der Waals surface area (Å²) in [5, 5.41) is 43.1. The number of nitrogens with two attached hydrogens (primary N) is 2. The van der Waals surface area contributed by atoms with Crippen molar-refractivity contribution in [1.29, 1.82) is 0 Å². The van der Waals surface area contributed by atoms with Crippen molar-refractivity contribution in [3.05, 3.63) is 43.2 Å². The fourth-order valence-corrected chi connectivity index (χ4v) is 5.56. The SMILES string of the molecule is NCc1cc(I)c(O)c2c1C[C@H]1C[C@H]3CC(=O)C(C(N)=O)=C(O)[C@@]3(O)C(=O)C1=C2O. The summed E-state index contributed by atoms with van der Waals surface area (Å²) >= 11 is 1.88. The van der Waals surface area contributed by atoms with Crippen LogP contribution in [0.2, 0.25) is 0 Å². The number of ketones is 2. The van der Waals surface area contributed by atoms with Gasteiger partial charge in [0, 0.05) is 24.5 Å². The molecule has 1 aromatic carbocycles. The van der Waals surface area contributed by atoms with Crippen molar-refractivity contribution in [1.82, 2.24) is 0 Å². The van der Waals surface area contributed by atoms with E-state index >= 15 is 0 Å². The van der Waals surface area contributed by atoms with Gasteiger partial charge in [-0.1, -0.05) is 0 Å². The third-order valence-electron chi connectivity index (χ3n) is 6.33. The number of Topliss-reactive ketones (excluding diaryl/α,β-unsaturated/α-hetero) is 2. The van der Waals surface area contributed by atoms with Gasteiger partial charge in [0.1, 0.15) is 22.8 Å². The number of phenolic OH excluding ortho intramolecular Hbond substituents is 1. The van der Waals surface area contributed by atoms with Crippen molar-refractivity contribution in [2.45, 2.75) is 31.4 Å². The highest BCUT2D eigenvalue weighted by molar-refractivity contribution is 14.1. The van der Waals surface area contributed by atoms with Crippen LogP contribution >= 0.6 is 22.6 Å². The van der Waals surface area contributed by atoms with Gasteiger partial charge in [0.2, 0.25) is 5.78 Å². The monoisotopic (exact) mass is 526 g/mol. The number of primary amides is 1. The predicted octanol–water partition coefficient (Wildman–Crippen LogP) is 0.487. The number of amides is 1.